The van der Waals surface area contributed by atoms with E-state index in [-0.39, 0.29) is 6.42 Å². The molecule has 94 valence electrons. The summed E-state index contributed by atoms with van der Waals surface area (Å²) in [4.78, 5) is 10.3. The smallest absolute Gasteiger partial charge is 0.303 e. The van der Waals surface area contributed by atoms with Crippen LogP contribution in [0.15, 0.2) is 24.3 Å². The molecule has 1 aromatic carbocycles. The van der Waals surface area contributed by atoms with E-state index in [9.17, 15) is 4.79 Å². The number of hydrogen-bond acceptors (Lipinski definition) is 3. The molecule has 1 aromatic rings. The van der Waals surface area contributed by atoms with E-state index in [0.717, 1.165) is 24.4 Å². The molecule has 0 fully saturated rings. The van der Waals surface area contributed by atoms with Crippen molar-refractivity contribution in [3.63, 3.8) is 0 Å². The fourth-order valence-corrected chi connectivity index (χ4v) is 1.47. The van der Waals surface area contributed by atoms with Gasteiger partial charge in [-0.3, -0.25) is 4.79 Å². The predicted octanol–water partition coefficient (Wildman–Crippen LogP) is 2.75. The summed E-state index contributed by atoms with van der Waals surface area (Å²) in [7, 11) is 0. The van der Waals surface area contributed by atoms with Crippen molar-refractivity contribution in [3.8, 4) is 5.75 Å². The summed E-state index contributed by atoms with van der Waals surface area (Å²) in [5.41, 5.74) is 1.03. The van der Waals surface area contributed by atoms with Crippen LogP contribution in [0.5, 0.6) is 5.75 Å². The summed E-state index contributed by atoms with van der Waals surface area (Å²) in [6.45, 7) is 3.41. The minimum Gasteiger partial charge on any atom is -0.494 e. The van der Waals surface area contributed by atoms with Crippen LogP contribution < -0.4 is 10.1 Å². The number of carboxylic acid groups (broad SMARTS) is 1. The van der Waals surface area contributed by atoms with Gasteiger partial charge in [0.1, 0.15) is 5.75 Å². The summed E-state index contributed by atoms with van der Waals surface area (Å²) < 4.78 is 5.34. The Kier molecular flexibility index (Phi) is 5.93. The maximum Gasteiger partial charge on any atom is 0.303 e. The monoisotopic (exact) mass is 237 g/mol. The Hall–Kier alpha value is -1.71. The molecule has 0 aromatic heterocycles. The second-order valence-corrected chi connectivity index (χ2v) is 3.74. The second kappa shape index (κ2) is 7.54. The van der Waals surface area contributed by atoms with Crippen molar-refractivity contribution < 1.29 is 14.6 Å². The van der Waals surface area contributed by atoms with Crippen LogP contribution in [0.2, 0.25) is 0 Å². The van der Waals surface area contributed by atoms with Crippen molar-refractivity contribution in [1.82, 2.24) is 0 Å². The van der Waals surface area contributed by atoms with Crippen molar-refractivity contribution in [3.05, 3.63) is 24.3 Å². The van der Waals surface area contributed by atoms with E-state index >= 15 is 0 Å². The van der Waals surface area contributed by atoms with Crippen LogP contribution in [-0.4, -0.2) is 24.2 Å². The number of nitrogens with one attached hydrogen (secondary N) is 1. The minimum absolute atomic E-state index is 0.241. The fourth-order valence-electron chi connectivity index (χ4n) is 1.47. The highest BCUT2D eigenvalue weighted by molar-refractivity contribution is 5.66. The summed E-state index contributed by atoms with van der Waals surface area (Å²) in [6, 6.07) is 7.76. The van der Waals surface area contributed by atoms with E-state index < -0.39 is 5.97 Å². The summed E-state index contributed by atoms with van der Waals surface area (Å²) in [5.74, 6) is 0.134. The molecule has 17 heavy (non-hydrogen) atoms. The van der Waals surface area contributed by atoms with Gasteiger partial charge in [-0.05, 0) is 44.0 Å². The van der Waals surface area contributed by atoms with Gasteiger partial charge in [0, 0.05) is 18.7 Å². The average molecular weight is 237 g/mol. The molecule has 0 atom stereocenters. The van der Waals surface area contributed by atoms with Crippen molar-refractivity contribution in [2.45, 2.75) is 26.2 Å². The highest BCUT2D eigenvalue weighted by Crippen LogP contribution is 2.15. The van der Waals surface area contributed by atoms with Crippen LogP contribution in [0, 0.1) is 0 Å². The standard InChI is InChI=1S/C13H19NO3/c1-2-17-12-8-6-11(7-9-12)14-10-4-3-5-13(15)16/h6-9,14H,2-5,10H2,1H3,(H,15,16). The van der Waals surface area contributed by atoms with Crippen LogP contribution in [0.1, 0.15) is 26.2 Å². The number of carboxylic acids is 1. The third-order valence-electron chi connectivity index (χ3n) is 2.31. The molecule has 0 aliphatic carbocycles. The summed E-state index contributed by atoms with van der Waals surface area (Å²) in [6.07, 6.45) is 1.81. The SMILES string of the molecule is CCOc1ccc(NCCCCC(=O)O)cc1. The van der Waals surface area contributed by atoms with Gasteiger partial charge in [0.2, 0.25) is 0 Å². The molecule has 0 saturated carbocycles. The summed E-state index contributed by atoms with van der Waals surface area (Å²) >= 11 is 0. The zero-order chi connectivity index (χ0) is 12.5. The first kappa shape index (κ1) is 13.4. The van der Waals surface area contributed by atoms with E-state index in [0.29, 0.717) is 13.0 Å². The number of hydrogen-bond donors (Lipinski definition) is 2. The number of benzene rings is 1. The number of rotatable bonds is 8. The number of carbonyl (C=O) groups is 1. The Morgan fingerprint density at radius 3 is 2.59 bits per heavy atom. The molecule has 0 aliphatic rings. The molecule has 0 bridgehead atoms. The van der Waals surface area contributed by atoms with Crippen LogP contribution >= 0.6 is 0 Å². The largest absolute Gasteiger partial charge is 0.494 e. The molecule has 0 saturated heterocycles. The molecular formula is C13H19NO3. The third kappa shape index (κ3) is 5.80. The maximum atomic E-state index is 10.3. The number of ether oxygens (including phenoxy) is 1. The quantitative estimate of drug-likeness (QED) is 0.682. The number of anilines is 1. The van der Waals surface area contributed by atoms with Crippen molar-refractivity contribution in [2.75, 3.05) is 18.5 Å². The molecule has 1 rings (SSSR count). The van der Waals surface area contributed by atoms with Gasteiger partial charge in [-0.25, -0.2) is 0 Å². The molecule has 0 spiro atoms. The van der Waals surface area contributed by atoms with Crippen molar-refractivity contribution >= 4 is 11.7 Å². The van der Waals surface area contributed by atoms with Crippen molar-refractivity contribution in [2.24, 2.45) is 0 Å². The predicted molar refractivity (Wildman–Crippen MR) is 67.6 cm³/mol. The molecular weight excluding hydrogens is 218 g/mol. The van der Waals surface area contributed by atoms with Crippen LogP contribution in [0.25, 0.3) is 0 Å². The molecule has 4 nitrogen and oxygen atoms in total. The topological polar surface area (TPSA) is 58.6 Å². The Balaban J connectivity index is 2.20. The van der Waals surface area contributed by atoms with Gasteiger partial charge in [0.15, 0.2) is 0 Å². The lowest BCUT2D eigenvalue weighted by Crippen LogP contribution is -2.03. The highest BCUT2D eigenvalue weighted by Gasteiger charge is 1.97. The van der Waals surface area contributed by atoms with Crippen molar-refractivity contribution in [1.29, 1.82) is 0 Å². The lowest BCUT2D eigenvalue weighted by atomic mass is 10.2. The van der Waals surface area contributed by atoms with Gasteiger partial charge in [0.25, 0.3) is 0 Å². The normalized spacial score (nSPS) is 9.94. The fraction of sp³-hybridized carbons (Fsp3) is 0.462. The molecule has 0 radical (unpaired) electrons. The minimum atomic E-state index is -0.730. The van der Waals surface area contributed by atoms with Crippen LogP contribution in [0.3, 0.4) is 0 Å². The van der Waals surface area contributed by atoms with E-state index in [4.69, 9.17) is 9.84 Å². The first-order valence-corrected chi connectivity index (χ1v) is 5.91. The summed E-state index contributed by atoms with van der Waals surface area (Å²) in [5, 5.41) is 11.7. The van der Waals surface area contributed by atoms with E-state index in [1.165, 1.54) is 0 Å². The average Bonchev–Trinajstić information content (AvgIpc) is 2.31. The molecule has 0 amide bonds. The van der Waals surface area contributed by atoms with Crippen LogP contribution in [-0.2, 0) is 4.79 Å². The first-order valence-electron chi connectivity index (χ1n) is 5.91. The molecule has 0 unspecified atom stereocenters. The van der Waals surface area contributed by atoms with Gasteiger partial charge in [-0.2, -0.15) is 0 Å². The lowest BCUT2D eigenvalue weighted by molar-refractivity contribution is -0.137. The lowest BCUT2D eigenvalue weighted by Gasteiger charge is -2.07. The van der Waals surface area contributed by atoms with Gasteiger partial charge in [-0.15, -0.1) is 0 Å². The number of unbranched alkanes of at least 4 members (excludes halogenated alkanes) is 1. The van der Waals surface area contributed by atoms with E-state index in [1.54, 1.807) is 0 Å². The van der Waals surface area contributed by atoms with Gasteiger partial charge < -0.3 is 15.2 Å². The molecule has 4 heteroatoms. The van der Waals surface area contributed by atoms with E-state index in [1.807, 2.05) is 31.2 Å². The Morgan fingerprint density at radius 2 is 2.00 bits per heavy atom. The van der Waals surface area contributed by atoms with Crippen LogP contribution in [0.4, 0.5) is 5.69 Å². The maximum absolute atomic E-state index is 10.3. The molecule has 2 N–H and O–H groups in total. The Labute approximate surface area is 102 Å². The second-order valence-electron chi connectivity index (χ2n) is 3.74. The van der Waals surface area contributed by atoms with E-state index in [2.05, 4.69) is 5.32 Å². The highest BCUT2D eigenvalue weighted by atomic mass is 16.5. The Morgan fingerprint density at radius 1 is 1.29 bits per heavy atom. The zero-order valence-electron chi connectivity index (χ0n) is 10.1. The van der Waals surface area contributed by atoms with Gasteiger partial charge >= 0.3 is 5.97 Å². The molecule has 0 aliphatic heterocycles. The number of aliphatic carboxylic acids is 1. The molecule has 0 heterocycles. The third-order valence-corrected chi connectivity index (χ3v) is 2.31. The van der Waals surface area contributed by atoms with Gasteiger partial charge in [0.05, 0.1) is 6.61 Å². The zero-order valence-corrected chi connectivity index (χ0v) is 10.1. The Bertz CT molecular complexity index is 335. The first-order chi connectivity index (χ1) is 8.22. The van der Waals surface area contributed by atoms with Gasteiger partial charge in [-0.1, -0.05) is 0 Å².